The van der Waals surface area contributed by atoms with Crippen molar-refractivity contribution in [1.82, 2.24) is 0 Å². The van der Waals surface area contributed by atoms with Crippen LogP contribution in [0.2, 0.25) is 0 Å². The molecule has 0 amide bonds. The molecule has 0 aromatic heterocycles. The zero-order valence-electron chi connectivity index (χ0n) is 19.3. The molecule has 1 heterocycles. The Bertz CT molecular complexity index is 709. The second-order valence-electron chi connectivity index (χ2n) is 9.88. The molecule has 172 valence electrons. The maximum atomic E-state index is 12.1. The van der Waals surface area contributed by atoms with Crippen molar-refractivity contribution in [3.05, 3.63) is 29.3 Å². The first kappa shape index (κ1) is 22.6. The van der Waals surface area contributed by atoms with Gasteiger partial charge in [0.15, 0.2) is 6.61 Å². The summed E-state index contributed by atoms with van der Waals surface area (Å²) >= 11 is 0. The van der Waals surface area contributed by atoms with E-state index in [0.717, 1.165) is 36.3 Å². The summed E-state index contributed by atoms with van der Waals surface area (Å²) in [5.74, 6) is 3.12. The van der Waals surface area contributed by atoms with Crippen LogP contribution in [0.5, 0.6) is 5.75 Å². The Labute approximate surface area is 188 Å². The summed E-state index contributed by atoms with van der Waals surface area (Å²) in [7, 11) is 0. The van der Waals surface area contributed by atoms with E-state index in [9.17, 15) is 4.79 Å². The van der Waals surface area contributed by atoms with E-state index in [1.54, 1.807) is 0 Å². The van der Waals surface area contributed by atoms with Crippen molar-refractivity contribution in [2.24, 2.45) is 17.8 Å². The van der Waals surface area contributed by atoms with Crippen LogP contribution in [-0.4, -0.2) is 31.9 Å². The first-order valence-corrected chi connectivity index (χ1v) is 12.8. The number of hydrogen-bond acceptors (Lipinski definition) is 4. The fourth-order valence-corrected chi connectivity index (χ4v) is 6.02. The third-order valence-corrected chi connectivity index (χ3v) is 7.73. The molecule has 1 saturated carbocycles. The summed E-state index contributed by atoms with van der Waals surface area (Å²) in [5, 5.41) is 0. The molecule has 2 fully saturated rings. The predicted octanol–water partition coefficient (Wildman–Crippen LogP) is 5.89. The van der Waals surface area contributed by atoms with E-state index < -0.39 is 0 Å². The molecule has 2 aliphatic carbocycles. The maximum Gasteiger partial charge on any atom is 0.344 e. The van der Waals surface area contributed by atoms with Crippen LogP contribution in [0.1, 0.15) is 82.3 Å². The third-order valence-electron chi connectivity index (χ3n) is 7.73. The van der Waals surface area contributed by atoms with Gasteiger partial charge in [0.25, 0.3) is 0 Å². The van der Waals surface area contributed by atoms with Crippen LogP contribution in [-0.2, 0) is 27.1 Å². The van der Waals surface area contributed by atoms with Crippen molar-refractivity contribution in [3.8, 4) is 5.75 Å². The molecule has 1 aromatic carbocycles. The van der Waals surface area contributed by atoms with Gasteiger partial charge in [-0.25, -0.2) is 4.79 Å². The third kappa shape index (κ3) is 6.03. The number of carbonyl (C=O) groups excluding carboxylic acids is 1. The van der Waals surface area contributed by atoms with Crippen LogP contribution >= 0.6 is 0 Å². The normalized spacial score (nSPS) is 27.0. The molecule has 31 heavy (non-hydrogen) atoms. The molecule has 4 atom stereocenters. The van der Waals surface area contributed by atoms with Crippen molar-refractivity contribution < 1.29 is 19.0 Å². The minimum atomic E-state index is -0.290. The number of rotatable bonds is 11. The van der Waals surface area contributed by atoms with Gasteiger partial charge in [-0.15, -0.1) is 0 Å². The van der Waals surface area contributed by atoms with E-state index in [2.05, 4.69) is 19.1 Å². The number of hydrogen-bond donors (Lipinski definition) is 0. The lowest BCUT2D eigenvalue weighted by molar-refractivity contribution is -0.151. The minimum absolute atomic E-state index is 0.0122. The molecule has 3 aliphatic rings. The Morgan fingerprint density at radius 3 is 2.77 bits per heavy atom. The monoisotopic (exact) mass is 428 g/mol. The van der Waals surface area contributed by atoms with Crippen molar-refractivity contribution in [2.45, 2.75) is 90.1 Å². The fourth-order valence-electron chi connectivity index (χ4n) is 6.02. The van der Waals surface area contributed by atoms with Gasteiger partial charge in [0.05, 0.1) is 13.2 Å². The van der Waals surface area contributed by atoms with E-state index in [-0.39, 0.29) is 18.7 Å². The molecule has 0 N–H and O–H groups in total. The smallest absolute Gasteiger partial charge is 0.344 e. The van der Waals surface area contributed by atoms with Gasteiger partial charge < -0.3 is 14.2 Å². The van der Waals surface area contributed by atoms with Gasteiger partial charge in [0, 0.05) is 6.42 Å². The second kappa shape index (κ2) is 11.4. The standard InChI is InChI=1S/C27H40O4/c1-2-3-4-5-6-7-9-20-12-13-22-17-25-21(16-24(20)22)10-8-11-26(25)30-19-27(28)31-23-14-15-29-18-23/h8,10-11,20,22-24H,2-7,9,12-19H2,1H3. The van der Waals surface area contributed by atoms with Crippen LogP contribution < -0.4 is 4.74 Å². The zero-order chi connectivity index (χ0) is 21.5. The lowest BCUT2D eigenvalue weighted by Crippen LogP contribution is -2.26. The molecular formula is C27H40O4. The van der Waals surface area contributed by atoms with Gasteiger partial charge in [-0.3, -0.25) is 0 Å². The van der Waals surface area contributed by atoms with Crippen LogP contribution in [0, 0.1) is 17.8 Å². The van der Waals surface area contributed by atoms with Crippen molar-refractivity contribution in [2.75, 3.05) is 19.8 Å². The number of unbranched alkanes of at least 4 members (excludes halogenated alkanes) is 5. The quantitative estimate of drug-likeness (QED) is 0.326. The highest BCUT2D eigenvalue weighted by molar-refractivity contribution is 5.71. The summed E-state index contributed by atoms with van der Waals surface area (Å²) in [4.78, 5) is 12.1. The molecular weight excluding hydrogens is 388 g/mol. The number of esters is 1. The Hall–Kier alpha value is -1.55. The van der Waals surface area contributed by atoms with Gasteiger partial charge in [0.1, 0.15) is 11.9 Å². The Morgan fingerprint density at radius 1 is 1.06 bits per heavy atom. The molecule has 1 aliphatic heterocycles. The van der Waals surface area contributed by atoms with Crippen molar-refractivity contribution in [3.63, 3.8) is 0 Å². The van der Waals surface area contributed by atoms with E-state index in [1.807, 2.05) is 6.07 Å². The summed E-state index contributed by atoms with van der Waals surface area (Å²) < 4.78 is 16.7. The van der Waals surface area contributed by atoms with Gasteiger partial charge in [-0.05, 0) is 60.6 Å². The fraction of sp³-hybridized carbons (Fsp3) is 0.741. The molecule has 1 aromatic rings. The molecule has 4 nitrogen and oxygen atoms in total. The van der Waals surface area contributed by atoms with Gasteiger partial charge in [-0.1, -0.05) is 64.0 Å². The molecule has 0 spiro atoms. The summed E-state index contributed by atoms with van der Waals surface area (Å²) in [6.45, 7) is 3.46. The Morgan fingerprint density at radius 2 is 1.94 bits per heavy atom. The average Bonchev–Trinajstić information content (AvgIpc) is 3.43. The zero-order valence-corrected chi connectivity index (χ0v) is 19.3. The SMILES string of the molecule is CCCCCCCCC1CCC2Cc3c(cccc3OCC(=O)OC3CCOC3)CC12. The van der Waals surface area contributed by atoms with Gasteiger partial charge in [-0.2, -0.15) is 0 Å². The molecule has 0 bridgehead atoms. The molecule has 0 radical (unpaired) electrons. The number of ether oxygens (including phenoxy) is 3. The van der Waals surface area contributed by atoms with E-state index in [4.69, 9.17) is 14.2 Å². The van der Waals surface area contributed by atoms with Crippen LogP contribution in [0.4, 0.5) is 0 Å². The Kier molecular flexibility index (Phi) is 8.29. The summed E-state index contributed by atoms with van der Waals surface area (Å²) in [6, 6.07) is 6.38. The number of benzene rings is 1. The highest BCUT2D eigenvalue weighted by Crippen LogP contribution is 2.48. The molecule has 4 unspecified atom stereocenters. The van der Waals surface area contributed by atoms with Crippen LogP contribution in [0.15, 0.2) is 18.2 Å². The largest absolute Gasteiger partial charge is 0.482 e. The lowest BCUT2D eigenvalue weighted by Gasteiger charge is -2.32. The lowest BCUT2D eigenvalue weighted by atomic mass is 9.73. The van der Waals surface area contributed by atoms with Crippen LogP contribution in [0.3, 0.4) is 0 Å². The first-order valence-electron chi connectivity index (χ1n) is 12.8. The average molecular weight is 429 g/mol. The highest BCUT2D eigenvalue weighted by atomic mass is 16.6. The van der Waals surface area contributed by atoms with Crippen molar-refractivity contribution in [1.29, 1.82) is 0 Å². The minimum Gasteiger partial charge on any atom is -0.482 e. The van der Waals surface area contributed by atoms with Crippen LogP contribution in [0.25, 0.3) is 0 Å². The van der Waals surface area contributed by atoms with E-state index in [1.165, 1.54) is 75.3 Å². The predicted molar refractivity (Wildman–Crippen MR) is 122 cm³/mol. The Balaban J connectivity index is 1.28. The summed E-state index contributed by atoms with van der Waals surface area (Å²) in [6.07, 6.45) is 15.5. The first-order chi connectivity index (χ1) is 15.2. The molecule has 4 heteroatoms. The number of carbonyl (C=O) groups is 1. The second-order valence-corrected chi connectivity index (χ2v) is 9.88. The van der Waals surface area contributed by atoms with Crippen molar-refractivity contribution >= 4 is 5.97 Å². The molecule has 4 rings (SSSR count). The topological polar surface area (TPSA) is 44.8 Å². The number of fused-ring (bicyclic) bond motifs is 2. The van der Waals surface area contributed by atoms with E-state index >= 15 is 0 Å². The van der Waals surface area contributed by atoms with Gasteiger partial charge in [0.2, 0.25) is 0 Å². The maximum absolute atomic E-state index is 12.1. The molecule has 1 saturated heterocycles. The summed E-state index contributed by atoms with van der Waals surface area (Å²) in [5.41, 5.74) is 2.77. The van der Waals surface area contributed by atoms with Gasteiger partial charge >= 0.3 is 5.97 Å². The highest BCUT2D eigenvalue weighted by Gasteiger charge is 2.39. The van der Waals surface area contributed by atoms with E-state index in [0.29, 0.717) is 13.2 Å².